The van der Waals surface area contributed by atoms with Crippen molar-refractivity contribution in [2.75, 3.05) is 26.3 Å². The van der Waals surface area contributed by atoms with E-state index in [0.29, 0.717) is 5.56 Å². The van der Waals surface area contributed by atoms with Gasteiger partial charge in [-0.15, -0.1) is 0 Å². The van der Waals surface area contributed by atoms with Gasteiger partial charge in [0.1, 0.15) is 0 Å². The van der Waals surface area contributed by atoms with Crippen LogP contribution in [0.25, 0.3) is 0 Å². The molecule has 2 aromatic rings. The number of morpholine rings is 1. The van der Waals surface area contributed by atoms with E-state index < -0.39 is 0 Å². The van der Waals surface area contributed by atoms with Gasteiger partial charge in [-0.05, 0) is 42.3 Å². The third-order valence-corrected chi connectivity index (χ3v) is 4.95. The smallest absolute Gasteiger partial charge is 0.251 e. The van der Waals surface area contributed by atoms with Gasteiger partial charge in [0.2, 0.25) is 0 Å². The largest absolute Gasteiger partial charge is 0.379 e. The summed E-state index contributed by atoms with van der Waals surface area (Å²) in [7, 11) is 0. The molecule has 0 aromatic heterocycles. The number of halogens is 1. The third kappa shape index (κ3) is 5.14. The fourth-order valence-corrected chi connectivity index (χ4v) is 3.21. The zero-order valence-electron chi connectivity index (χ0n) is 14.4. The number of benzene rings is 2. The zero-order valence-corrected chi connectivity index (χ0v) is 16.0. The van der Waals surface area contributed by atoms with Crippen LogP contribution >= 0.6 is 15.9 Å². The second kappa shape index (κ2) is 8.61. The third-order valence-electron chi connectivity index (χ3n) is 4.42. The van der Waals surface area contributed by atoms with Crippen molar-refractivity contribution in [1.82, 2.24) is 10.2 Å². The molecule has 1 N–H and O–H groups in total. The molecular weight excluding hydrogens is 380 g/mol. The van der Waals surface area contributed by atoms with E-state index in [9.17, 15) is 4.79 Å². The molecule has 1 aliphatic rings. The van der Waals surface area contributed by atoms with Gasteiger partial charge in [0.05, 0.1) is 19.3 Å². The maximum atomic E-state index is 12.6. The molecule has 0 saturated carbocycles. The first kappa shape index (κ1) is 18.1. The first-order valence-corrected chi connectivity index (χ1v) is 9.36. The number of carbonyl (C=O) groups is 1. The highest BCUT2D eigenvalue weighted by molar-refractivity contribution is 9.10. The topological polar surface area (TPSA) is 41.6 Å². The van der Waals surface area contributed by atoms with Crippen LogP contribution < -0.4 is 5.32 Å². The molecule has 1 amide bonds. The minimum Gasteiger partial charge on any atom is -0.379 e. The first-order chi connectivity index (χ1) is 12.1. The standard InChI is InChI=1S/C20H23BrN2O2/c1-15(17-5-7-19(21)8-6-17)22-20(24)18-4-2-3-16(13-18)14-23-9-11-25-12-10-23/h2-8,13,15H,9-12,14H2,1H3,(H,22,24). The molecule has 1 saturated heterocycles. The molecule has 5 heteroatoms. The van der Waals surface area contributed by atoms with Gasteiger partial charge >= 0.3 is 0 Å². The summed E-state index contributed by atoms with van der Waals surface area (Å²) in [5, 5.41) is 3.07. The monoisotopic (exact) mass is 402 g/mol. The predicted octanol–water partition coefficient (Wildman–Crippen LogP) is 3.77. The van der Waals surface area contributed by atoms with E-state index in [1.807, 2.05) is 49.4 Å². The summed E-state index contributed by atoms with van der Waals surface area (Å²) >= 11 is 3.43. The fourth-order valence-electron chi connectivity index (χ4n) is 2.94. The molecule has 0 aliphatic carbocycles. The van der Waals surface area contributed by atoms with Crippen molar-refractivity contribution in [3.8, 4) is 0 Å². The van der Waals surface area contributed by atoms with Gasteiger partial charge in [-0.25, -0.2) is 0 Å². The number of carbonyl (C=O) groups excluding carboxylic acids is 1. The van der Waals surface area contributed by atoms with Crippen molar-refractivity contribution in [3.63, 3.8) is 0 Å². The Morgan fingerprint density at radius 3 is 2.64 bits per heavy atom. The lowest BCUT2D eigenvalue weighted by molar-refractivity contribution is 0.0342. The number of amides is 1. The Hall–Kier alpha value is -1.69. The Morgan fingerprint density at radius 2 is 1.92 bits per heavy atom. The normalized spacial score (nSPS) is 16.4. The molecule has 0 radical (unpaired) electrons. The Balaban J connectivity index is 1.63. The van der Waals surface area contributed by atoms with Crippen molar-refractivity contribution in [1.29, 1.82) is 0 Å². The molecule has 25 heavy (non-hydrogen) atoms. The van der Waals surface area contributed by atoms with Crippen LogP contribution in [-0.4, -0.2) is 37.1 Å². The highest BCUT2D eigenvalue weighted by Gasteiger charge is 2.14. The molecule has 3 rings (SSSR count). The van der Waals surface area contributed by atoms with Gasteiger partial charge in [-0.1, -0.05) is 40.2 Å². The van der Waals surface area contributed by atoms with Gasteiger partial charge < -0.3 is 10.1 Å². The first-order valence-electron chi connectivity index (χ1n) is 8.57. The number of ether oxygens (including phenoxy) is 1. The summed E-state index contributed by atoms with van der Waals surface area (Å²) in [5.41, 5.74) is 2.95. The van der Waals surface area contributed by atoms with Crippen molar-refractivity contribution in [2.24, 2.45) is 0 Å². The summed E-state index contributed by atoms with van der Waals surface area (Å²) in [5.74, 6) is -0.0424. The number of nitrogens with one attached hydrogen (secondary N) is 1. The Morgan fingerprint density at radius 1 is 1.20 bits per heavy atom. The van der Waals surface area contributed by atoms with E-state index in [1.54, 1.807) is 0 Å². The maximum Gasteiger partial charge on any atom is 0.251 e. The van der Waals surface area contributed by atoms with Crippen LogP contribution in [0.3, 0.4) is 0 Å². The van der Waals surface area contributed by atoms with E-state index in [4.69, 9.17) is 4.74 Å². The second-order valence-electron chi connectivity index (χ2n) is 6.34. The molecule has 1 atom stereocenters. The molecule has 1 heterocycles. The minimum atomic E-state index is -0.0424. The van der Waals surface area contributed by atoms with E-state index >= 15 is 0 Å². The van der Waals surface area contributed by atoms with Gasteiger partial charge in [-0.2, -0.15) is 0 Å². The molecule has 1 fully saturated rings. The van der Waals surface area contributed by atoms with Crippen LogP contribution in [0.5, 0.6) is 0 Å². The fraction of sp³-hybridized carbons (Fsp3) is 0.350. The molecule has 1 unspecified atom stereocenters. The molecule has 132 valence electrons. The lowest BCUT2D eigenvalue weighted by Crippen LogP contribution is -2.35. The number of hydrogen-bond acceptors (Lipinski definition) is 3. The van der Waals surface area contributed by atoms with Crippen LogP contribution in [0.2, 0.25) is 0 Å². The van der Waals surface area contributed by atoms with E-state index in [-0.39, 0.29) is 11.9 Å². The number of hydrogen-bond donors (Lipinski definition) is 1. The predicted molar refractivity (Wildman–Crippen MR) is 103 cm³/mol. The van der Waals surface area contributed by atoms with Crippen LogP contribution in [0, 0.1) is 0 Å². The van der Waals surface area contributed by atoms with Crippen LogP contribution in [0.4, 0.5) is 0 Å². The summed E-state index contributed by atoms with van der Waals surface area (Å²) in [6, 6.07) is 15.9. The number of rotatable bonds is 5. The second-order valence-corrected chi connectivity index (χ2v) is 7.25. The lowest BCUT2D eigenvalue weighted by atomic mass is 10.1. The highest BCUT2D eigenvalue weighted by atomic mass is 79.9. The molecule has 1 aliphatic heterocycles. The SMILES string of the molecule is CC(NC(=O)c1cccc(CN2CCOCC2)c1)c1ccc(Br)cc1. The number of nitrogens with zero attached hydrogens (tertiary/aromatic N) is 1. The summed E-state index contributed by atoms with van der Waals surface area (Å²) in [6.45, 7) is 6.30. The average Bonchev–Trinajstić information content (AvgIpc) is 2.63. The Labute approximate surface area is 157 Å². The molecule has 4 nitrogen and oxygen atoms in total. The Bertz CT molecular complexity index is 712. The van der Waals surface area contributed by atoms with Crippen molar-refractivity contribution in [3.05, 3.63) is 69.7 Å². The molecule has 0 spiro atoms. The van der Waals surface area contributed by atoms with Gasteiger partial charge in [-0.3, -0.25) is 9.69 Å². The van der Waals surface area contributed by atoms with E-state index in [1.165, 1.54) is 0 Å². The highest BCUT2D eigenvalue weighted by Crippen LogP contribution is 2.17. The van der Waals surface area contributed by atoms with Crippen molar-refractivity contribution >= 4 is 21.8 Å². The lowest BCUT2D eigenvalue weighted by Gasteiger charge is -2.26. The molecule has 2 aromatic carbocycles. The van der Waals surface area contributed by atoms with Gasteiger partial charge in [0.15, 0.2) is 0 Å². The minimum absolute atomic E-state index is 0.0384. The molecular formula is C20H23BrN2O2. The summed E-state index contributed by atoms with van der Waals surface area (Å²) in [6.07, 6.45) is 0. The van der Waals surface area contributed by atoms with Crippen LogP contribution in [0.15, 0.2) is 53.0 Å². The summed E-state index contributed by atoms with van der Waals surface area (Å²) < 4.78 is 6.42. The van der Waals surface area contributed by atoms with E-state index in [2.05, 4.69) is 32.2 Å². The van der Waals surface area contributed by atoms with Crippen LogP contribution in [-0.2, 0) is 11.3 Å². The van der Waals surface area contributed by atoms with Crippen LogP contribution in [0.1, 0.15) is 34.5 Å². The van der Waals surface area contributed by atoms with E-state index in [0.717, 1.165) is 48.4 Å². The van der Waals surface area contributed by atoms with Crippen molar-refractivity contribution < 1.29 is 9.53 Å². The Kier molecular flexibility index (Phi) is 6.24. The zero-order chi connectivity index (χ0) is 17.6. The maximum absolute atomic E-state index is 12.6. The van der Waals surface area contributed by atoms with Gasteiger partial charge in [0.25, 0.3) is 5.91 Å². The molecule has 0 bridgehead atoms. The van der Waals surface area contributed by atoms with Crippen molar-refractivity contribution in [2.45, 2.75) is 19.5 Å². The van der Waals surface area contributed by atoms with Gasteiger partial charge in [0, 0.05) is 29.7 Å². The average molecular weight is 403 g/mol. The quantitative estimate of drug-likeness (QED) is 0.827. The summed E-state index contributed by atoms with van der Waals surface area (Å²) in [4.78, 5) is 14.9.